The first-order valence-corrected chi connectivity index (χ1v) is 7.09. The molecular weight excluding hydrogens is 258 g/mol. The molecule has 20 heavy (non-hydrogen) atoms. The second kappa shape index (κ2) is 6.54. The summed E-state index contributed by atoms with van der Waals surface area (Å²) in [6.45, 7) is 2.99. The molecule has 1 heterocycles. The average Bonchev–Trinajstić information content (AvgIpc) is 2.94. The smallest absolute Gasteiger partial charge is 0.311 e. The molecule has 1 aliphatic carbocycles. The Kier molecular flexibility index (Phi) is 4.76. The van der Waals surface area contributed by atoms with E-state index in [1.165, 1.54) is 0 Å². The zero-order chi connectivity index (χ0) is 14.4. The molecule has 6 heteroatoms. The number of anilines is 1. The van der Waals surface area contributed by atoms with E-state index in [1.807, 2.05) is 6.92 Å². The molecule has 1 aliphatic rings. The van der Waals surface area contributed by atoms with Crippen molar-refractivity contribution in [3.05, 3.63) is 12.3 Å². The minimum Gasteiger partial charge on any atom is -0.481 e. The van der Waals surface area contributed by atoms with Crippen LogP contribution >= 0.6 is 0 Å². The molecule has 0 saturated heterocycles. The summed E-state index contributed by atoms with van der Waals surface area (Å²) in [5.74, 6) is 0.201. The number of nitrogens with zero attached hydrogens (tertiary/aromatic N) is 2. The van der Waals surface area contributed by atoms with Crippen LogP contribution < -0.4 is 10.1 Å². The molecule has 0 unspecified atom stereocenters. The molecule has 1 aromatic heterocycles. The second-order valence-corrected chi connectivity index (χ2v) is 5.21. The molecule has 1 aromatic rings. The Morgan fingerprint density at radius 1 is 1.50 bits per heavy atom. The predicted octanol–water partition coefficient (Wildman–Crippen LogP) is 2.32. The van der Waals surface area contributed by atoms with E-state index < -0.39 is 11.4 Å². The zero-order valence-corrected chi connectivity index (χ0v) is 11.8. The van der Waals surface area contributed by atoms with Gasteiger partial charge < -0.3 is 15.2 Å². The van der Waals surface area contributed by atoms with E-state index in [2.05, 4.69) is 15.3 Å². The van der Waals surface area contributed by atoms with Gasteiger partial charge in [0.15, 0.2) is 0 Å². The first kappa shape index (κ1) is 14.6. The van der Waals surface area contributed by atoms with Crippen molar-refractivity contribution in [2.75, 3.05) is 18.5 Å². The largest absolute Gasteiger partial charge is 0.481 e. The number of hydrogen-bond acceptors (Lipinski definition) is 5. The zero-order valence-electron chi connectivity index (χ0n) is 11.8. The van der Waals surface area contributed by atoms with Crippen LogP contribution in [0.5, 0.6) is 5.88 Å². The van der Waals surface area contributed by atoms with Gasteiger partial charge in [-0.15, -0.1) is 0 Å². The van der Waals surface area contributed by atoms with Crippen LogP contribution in [0.15, 0.2) is 12.3 Å². The quantitative estimate of drug-likeness (QED) is 0.797. The Morgan fingerprint density at radius 2 is 2.25 bits per heavy atom. The number of nitrogens with one attached hydrogen (secondary N) is 1. The lowest BCUT2D eigenvalue weighted by atomic mass is 9.86. The van der Waals surface area contributed by atoms with Crippen LogP contribution in [0.2, 0.25) is 0 Å². The van der Waals surface area contributed by atoms with Crippen molar-refractivity contribution in [3.8, 4) is 5.88 Å². The minimum atomic E-state index is -0.735. The first-order chi connectivity index (χ1) is 9.66. The number of rotatable bonds is 7. The molecule has 0 spiro atoms. The lowest BCUT2D eigenvalue weighted by molar-refractivity contribution is -0.147. The van der Waals surface area contributed by atoms with Gasteiger partial charge in [0.2, 0.25) is 11.8 Å². The lowest BCUT2D eigenvalue weighted by Gasteiger charge is -2.23. The van der Waals surface area contributed by atoms with Crippen LogP contribution in [-0.2, 0) is 4.79 Å². The van der Waals surface area contributed by atoms with Gasteiger partial charge in [0, 0.05) is 18.8 Å². The van der Waals surface area contributed by atoms with Gasteiger partial charge >= 0.3 is 5.97 Å². The molecule has 1 saturated carbocycles. The summed E-state index contributed by atoms with van der Waals surface area (Å²) in [6, 6.07) is 1.70. The third kappa shape index (κ3) is 3.37. The average molecular weight is 279 g/mol. The van der Waals surface area contributed by atoms with Crippen molar-refractivity contribution in [1.82, 2.24) is 9.97 Å². The molecule has 2 rings (SSSR count). The maximum Gasteiger partial charge on any atom is 0.311 e. The molecule has 0 bridgehead atoms. The standard InChI is InChI=1S/C14H21N3O3/c1-2-9-20-11-5-8-15-13(17-11)16-10-14(12(18)19)6-3-4-7-14/h5,8H,2-4,6-7,9-10H2,1H3,(H,18,19)(H,15,16,17). The predicted molar refractivity (Wildman–Crippen MR) is 74.8 cm³/mol. The Bertz CT molecular complexity index is 459. The van der Waals surface area contributed by atoms with Gasteiger partial charge in [-0.3, -0.25) is 4.79 Å². The van der Waals surface area contributed by atoms with Crippen LogP contribution in [0.25, 0.3) is 0 Å². The van der Waals surface area contributed by atoms with Crippen LogP contribution in [0.1, 0.15) is 39.0 Å². The molecule has 1 fully saturated rings. The number of carbonyl (C=O) groups is 1. The van der Waals surface area contributed by atoms with Crippen molar-refractivity contribution in [1.29, 1.82) is 0 Å². The van der Waals surface area contributed by atoms with Gasteiger partial charge in [-0.2, -0.15) is 4.98 Å². The normalized spacial score (nSPS) is 16.9. The van der Waals surface area contributed by atoms with Crippen molar-refractivity contribution in [3.63, 3.8) is 0 Å². The maximum absolute atomic E-state index is 11.4. The number of ether oxygens (including phenoxy) is 1. The number of aromatic nitrogens is 2. The highest BCUT2D eigenvalue weighted by molar-refractivity contribution is 5.75. The molecule has 0 aliphatic heterocycles. The molecule has 0 radical (unpaired) electrons. The summed E-state index contributed by atoms with van der Waals surface area (Å²) in [6.07, 6.45) is 5.88. The van der Waals surface area contributed by atoms with Gasteiger partial charge in [0.1, 0.15) is 0 Å². The van der Waals surface area contributed by atoms with Crippen molar-refractivity contribution in [2.24, 2.45) is 5.41 Å². The lowest BCUT2D eigenvalue weighted by Crippen LogP contribution is -2.35. The van der Waals surface area contributed by atoms with Crippen molar-refractivity contribution >= 4 is 11.9 Å². The maximum atomic E-state index is 11.4. The van der Waals surface area contributed by atoms with E-state index in [4.69, 9.17) is 4.74 Å². The van der Waals surface area contributed by atoms with Crippen LogP contribution in [-0.4, -0.2) is 34.2 Å². The molecule has 0 atom stereocenters. The third-order valence-electron chi connectivity index (χ3n) is 3.68. The van der Waals surface area contributed by atoms with E-state index in [9.17, 15) is 9.90 Å². The van der Waals surface area contributed by atoms with Gasteiger partial charge in [-0.25, -0.2) is 4.98 Å². The Labute approximate surface area is 118 Å². The Balaban J connectivity index is 1.97. The number of aliphatic carboxylic acids is 1. The monoisotopic (exact) mass is 279 g/mol. The number of carboxylic acid groups (broad SMARTS) is 1. The summed E-state index contributed by atoms with van der Waals surface area (Å²) < 4.78 is 5.43. The van der Waals surface area contributed by atoms with Gasteiger partial charge in [0.25, 0.3) is 0 Å². The number of carboxylic acids is 1. The molecule has 0 aromatic carbocycles. The van der Waals surface area contributed by atoms with Crippen LogP contribution in [0.3, 0.4) is 0 Å². The topological polar surface area (TPSA) is 84.3 Å². The fourth-order valence-electron chi connectivity index (χ4n) is 2.48. The molecule has 6 nitrogen and oxygen atoms in total. The summed E-state index contributed by atoms with van der Waals surface area (Å²) in [5.41, 5.74) is -0.677. The third-order valence-corrected chi connectivity index (χ3v) is 3.68. The second-order valence-electron chi connectivity index (χ2n) is 5.21. The highest BCUT2D eigenvalue weighted by Gasteiger charge is 2.41. The molecule has 110 valence electrons. The van der Waals surface area contributed by atoms with Gasteiger partial charge in [-0.05, 0) is 19.3 Å². The first-order valence-electron chi connectivity index (χ1n) is 7.09. The fourth-order valence-corrected chi connectivity index (χ4v) is 2.48. The van der Waals surface area contributed by atoms with Crippen LogP contribution in [0, 0.1) is 5.41 Å². The Hall–Kier alpha value is -1.85. The molecule has 2 N–H and O–H groups in total. The van der Waals surface area contributed by atoms with E-state index >= 15 is 0 Å². The minimum absolute atomic E-state index is 0.361. The van der Waals surface area contributed by atoms with E-state index in [1.54, 1.807) is 12.3 Å². The highest BCUT2D eigenvalue weighted by Crippen LogP contribution is 2.38. The highest BCUT2D eigenvalue weighted by atomic mass is 16.5. The van der Waals surface area contributed by atoms with E-state index in [0.717, 1.165) is 19.3 Å². The van der Waals surface area contributed by atoms with Crippen molar-refractivity contribution in [2.45, 2.75) is 39.0 Å². The van der Waals surface area contributed by atoms with Crippen molar-refractivity contribution < 1.29 is 14.6 Å². The van der Waals surface area contributed by atoms with Gasteiger partial charge in [0.05, 0.1) is 12.0 Å². The number of hydrogen-bond donors (Lipinski definition) is 2. The van der Waals surface area contributed by atoms with E-state index in [-0.39, 0.29) is 0 Å². The molecular formula is C14H21N3O3. The summed E-state index contributed by atoms with van der Waals surface area (Å²) >= 11 is 0. The van der Waals surface area contributed by atoms with E-state index in [0.29, 0.717) is 37.8 Å². The molecule has 0 amide bonds. The summed E-state index contributed by atoms with van der Waals surface area (Å²) in [5, 5.41) is 12.4. The summed E-state index contributed by atoms with van der Waals surface area (Å²) in [4.78, 5) is 19.8. The van der Waals surface area contributed by atoms with Crippen LogP contribution in [0.4, 0.5) is 5.95 Å². The fraction of sp³-hybridized carbons (Fsp3) is 0.643. The Morgan fingerprint density at radius 3 is 2.90 bits per heavy atom. The van der Waals surface area contributed by atoms with Gasteiger partial charge in [-0.1, -0.05) is 19.8 Å². The SMILES string of the molecule is CCCOc1ccnc(NCC2(C(=O)O)CCCC2)n1. The summed E-state index contributed by atoms with van der Waals surface area (Å²) in [7, 11) is 0.